The summed E-state index contributed by atoms with van der Waals surface area (Å²) < 4.78 is 21.5. The van der Waals surface area contributed by atoms with Crippen LogP contribution in [0, 0.1) is 0 Å². The molecule has 4 rings (SSSR count). The van der Waals surface area contributed by atoms with Crippen molar-refractivity contribution in [3.05, 3.63) is 64.5 Å². The molecule has 1 saturated heterocycles. The topological polar surface area (TPSA) is 115 Å². The van der Waals surface area contributed by atoms with Crippen LogP contribution in [0.15, 0.2) is 42.3 Å². The number of hydrogen-bond acceptors (Lipinski definition) is 9. The van der Waals surface area contributed by atoms with Gasteiger partial charge < -0.3 is 34.1 Å². The number of carbonyl (C=O) groups excluding carboxylic acids is 2. The predicted octanol–water partition coefficient (Wildman–Crippen LogP) is 2.34. The van der Waals surface area contributed by atoms with E-state index in [0.29, 0.717) is 54.3 Å². The Bertz CT molecular complexity index is 1120. The van der Waals surface area contributed by atoms with Gasteiger partial charge in [-0.1, -0.05) is 6.07 Å². The lowest BCUT2D eigenvalue weighted by molar-refractivity contribution is -0.140. The van der Waals surface area contributed by atoms with Crippen molar-refractivity contribution in [2.75, 3.05) is 40.5 Å². The fourth-order valence-electron chi connectivity index (χ4n) is 4.24. The van der Waals surface area contributed by atoms with Crippen LogP contribution >= 0.6 is 0 Å². The third-order valence-electron chi connectivity index (χ3n) is 6.02. The molecule has 0 bridgehead atoms. The molecule has 34 heavy (non-hydrogen) atoms. The number of hydrogen-bond donors (Lipinski definition) is 2. The zero-order valence-corrected chi connectivity index (χ0v) is 19.1. The van der Waals surface area contributed by atoms with E-state index in [0.717, 1.165) is 0 Å². The zero-order valence-electron chi connectivity index (χ0n) is 19.1. The quantitative estimate of drug-likeness (QED) is 0.466. The largest absolute Gasteiger partial charge is 0.508 e. The number of allylic oxidation sites excluding steroid dienone is 1. The van der Waals surface area contributed by atoms with E-state index in [1.54, 1.807) is 24.4 Å². The Kier molecular flexibility index (Phi) is 7.04. The molecule has 0 saturated carbocycles. The molecule has 2 aliphatic rings. The summed E-state index contributed by atoms with van der Waals surface area (Å²) in [6.45, 7) is 2.11. The number of aliphatic hydroxyl groups is 1. The predicted molar refractivity (Wildman–Crippen MR) is 121 cm³/mol. The van der Waals surface area contributed by atoms with Crippen LogP contribution in [0.2, 0.25) is 0 Å². The molecule has 2 aliphatic heterocycles. The maximum atomic E-state index is 13.1. The standard InChI is InChI=1S/C25H27NO8/c1-31-20-6-3-15(11-16(20)14-27)18(12-22(29)32-2)23-19(28)5-4-17-24(30)21(34-25(17)23)13-26-7-9-33-10-8-26/h3-6,11,13,18,27-28H,7-10,12,14H2,1-2H3/b21-13-/t18-/m1/s1. The molecule has 2 N–H and O–H groups in total. The van der Waals surface area contributed by atoms with Gasteiger partial charge in [0.1, 0.15) is 17.2 Å². The molecule has 0 amide bonds. The van der Waals surface area contributed by atoms with Gasteiger partial charge in [-0.25, -0.2) is 0 Å². The number of morpholine rings is 1. The molecule has 0 radical (unpaired) electrons. The monoisotopic (exact) mass is 469 g/mol. The number of phenols is 1. The number of methoxy groups -OCH3 is 2. The first-order valence-corrected chi connectivity index (χ1v) is 10.9. The van der Waals surface area contributed by atoms with Crippen LogP contribution in [0.1, 0.15) is 39.4 Å². The number of aromatic hydroxyl groups is 1. The summed E-state index contributed by atoms with van der Waals surface area (Å²) in [5.41, 5.74) is 1.75. The van der Waals surface area contributed by atoms with Gasteiger partial charge in [0.25, 0.3) is 0 Å². The molecule has 9 heteroatoms. The Labute approximate surface area is 197 Å². The van der Waals surface area contributed by atoms with Gasteiger partial charge in [0.05, 0.1) is 46.0 Å². The highest BCUT2D eigenvalue weighted by atomic mass is 16.5. The smallest absolute Gasteiger partial charge is 0.306 e. The van der Waals surface area contributed by atoms with Crippen LogP contribution in [-0.2, 0) is 20.9 Å². The molecule has 0 aliphatic carbocycles. The molecule has 2 aromatic carbocycles. The van der Waals surface area contributed by atoms with E-state index < -0.39 is 11.9 Å². The third-order valence-corrected chi connectivity index (χ3v) is 6.02. The van der Waals surface area contributed by atoms with Crippen molar-refractivity contribution in [2.45, 2.75) is 18.9 Å². The Morgan fingerprint density at radius 1 is 1.21 bits per heavy atom. The Morgan fingerprint density at radius 2 is 1.97 bits per heavy atom. The zero-order chi connectivity index (χ0) is 24.2. The van der Waals surface area contributed by atoms with E-state index in [-0.39, 0.29) is 36.1 Å². The van der Waals surface area contributed by atoms with E-state index in [1.807, 2.05) is 4.90 Å². The minimum Gasteiger partial charge on any atom is -0.508 e. The molecule has 1 fully saturated rings. The average Bonchev–Trinajstić information content (AvgIpc) is 3.17. The number of benzene rings is 2. The van der Waals surface area contributed by atoms with Gasteiger partial charge in [-0.05, 0) is 29.8 Å². The first-order valence-electron chi connectivity index (χ1n) is 10.9. The normalized spacial score (nSPS) is 17.3. The van der Waals surface area contributed by atoms with E-state index in [1.165, 1.54) is 26.4 Å². The van der Waals surface area contributed by atoms with E-state index in [4.69, 9.17) is 18.9 Å². The second-order valence-corrected chi connectivity index (χ2v) is 8.01. The van der Waals surface area contributed by atoms with Gasteiger partial charge in [-0.3, -0.25) is 9.59 Å². The molecule has 0 aromatic heterocycles. The number of aliphatic hydroxyl groups excluding tert-OH is 1. The molecule has 0 spiro atoms. The maximum Gasteiger partial charge on any atom is 0.306 e. The number of fused-ring (bicyclic) bond motifs is 1. The van der Waals surface area contributed by atoms with Gasteiger partial charge >= 0.3 is 5.97 Å². The van der Waals surface area contributed by atoms with E-state index in [2.05, 4.69) is 0 Å². The number of Topliss-reactive ketones (excluding diaryl/α,β-unsaturated/α-hetero) is 1. The number of nitrogens with zero attached hydrogens (tertiary/aromatic N) is 1. The van der Waals surface area contributed by atoms with E-state index in [9.17, 15) is 19.8 Å². The van der Waals surface area contributed by atoms with Crippen LogP contribution in [0.25, 0.3) is 0 Å². The number of esters is 1. The van der Waals surface area contributed by atoms with Crippen molar-refractivity contribution in [1.29, 1.82) is 0 Å². The highest BCUT2D eigenvalue weighted by molar-refractivity contribution is 6.12. The molecule has 0 unspecified atom stereocenters. The molecular formula is C25H27NO8. The fraction of sp³-hybridized carbons (Fsp3) is 0.360. The third kappa shape index (κ3) is 4.57. The number of ketones is 1. The summed E-state index contributed by atoms with van der Waals surface area (Å²) in [7, 11) is 2.78. The fourth-order valence-corrected chi connectivity index (χ4v) is 4.24. The summed E-state index contributed by atoms with van der Waals surface area (Å²) in [5, 5.41) is 20.6. The summed E-state index contributed by atoms with van der Waals surface area (Å²) >= 11 is 0. The van der Waals surface area contributed by atoms with Gasteiger partial charge in [0, 0.05) is 36.3 Å². The Hall–Kier alpha value is -3.56. The van der Waals surface area contributed by atoms with Gasteiger partial charge in [-0.2, -0.15) is 0 Å². The molecule has 180 valence electrons. The first-order chi connectivity index (χ1) is 16.5. The average molecular weight is 469 g/mol. The van der Waals surface area contributed by atoms with Crippen LogP contribution in [-0.4, -0.2) is 67.4 Å². The Morgan fingerprint density at radius 3 is 2.65 bits per heavy atom. The number of phenolic OH excluding ortho intramolecular Hbond substituents is 1. The maximum absolute atomic E-state index is 13.1. The van der Waals surface area contributed by atoms with Crippen LogP contribution in [0.5, 0.6) is 17.2 Å². The minimum atomic E-state index is -0.700. The van der Waals surface area contributed by atoms with Gasteiger partial charge in [0.2, 0.25) is 5.78 Å². The van der Waals surface area contributed by atoms with Crippen molar-refractivity contribution >= 4 is 11.8 Å². The second-order valence-electron chi connectivity index (χ2n) is 8.01. The summed E-state index contributed by atoms with van der Waals surface area (Å²) in [6.07, 6.45) is 1.55. The summed E-state index contributed by atoms with van der Waals surface area (Å²) in [5.74, 6) is -0.774. The highest BCUT2D eigenvalue weighted by Gasteiger charge is 2.36. The molecular weight excluding hydrogens is 442 g/mol. The summed E-state index contributed by atoms with van der Waals surface area (Å²) in [4.78, 5) is 27.4. The van der Waals surface area contributed by atoms with Crippen LogP contribution < -0.4 is 9.47 Å². The van der Waals surface area contributed by atoms with Crippen LogP contribution in [0.4, 0.5) is 0 Å². The van der Waals surface area contributed by atoms with Crippen molar-refractivity contribution in [3.8, 4) is 17.2 Å². The Balaban J connectivity index is 1.79. The van der Waals surface area contributed by atoms with E-state index >= 15 is 0 Å². The lowest BCUT2D eigenvalue weighted by atomic mass is 9.85. The highest BCUT2D eigenvalue weighted by Crippen LogP contribution is 2.46. The van der Waals surface area contributed by atoms with Crippen LogP contribution in [0.3, 0.4) is 0 Å². The van der Waals surface area contributed by atoms with Gasteiger partial charge in [-0.15, -0.1) is 0 Å². The molecule has 9 nitrogen and oxygen atoms in total. The lowest BCUT2D eigenvalue weighted by Crippen LogP contribution is -2.32. The lowest BCUT2D eigenvalue weighted by Gasteiger charge is -2.25. The molecule has 2 heterocycles. The first kappa shape index (κ1) is 23.6. The SMILES string of the molecule is COC(=O)C[C@H](c1ccc(OC)c(CO)c1)c1c(O)ccc2c1O/C(=C\N1CCOCC1)C2=O. The molecule has 1 atom stereocenters. The minimum absolute atomic E-state index is 0.113. The molecule has 2 aromatic rings. The van der Waals surface area contributed by atoms with Crippen molar-refractivity contribution in [3.63, 3.8) is 0 Å². The summed E-state index contributed by atoms with van der Waals surface area (Å²) in [6, 6.07) is 8.06. The van der Waals surface area contributed by atoms with Crippen molar-refractivity contribution in [2.24, 2.45) is 0 Å². The number of ether oxygens (including phenoxy) is 4. The van der Waals surface area contributed by atoms with Crippen molar-refractivity contribution in [1.82, 2.24) is 4.90 Å². The second kappa shape index (κ2) is 10.1. The van der Waals surface area contributed by atoms with Crippen molar-refractivity contribution < 1.29 is 38.7 Å². The van der Waals surface area contributed by atoms with Gasteiger partial charge in [0.15, 0.2) is 5.76 Å². The number of rotatable bonds is 7. The number of carbonyl (C=O) groups is 2.